The number of nitrogen functional groups attached to an aromatic ring is 2. The van der Waals surface area contributed by atoms with Crippen molar-refractivity contribution in [3.05, 3.63) is 120 Å². The standard InChI is InChI=1S/C32H22F6N2O4/c33-31(34,35)19-4-14-27(41-23-10-6-21(39)7-11-23)29(16-19)43-25-2-1-3-26(18-25)44-30-17-20(32(36,37)38)5-15-28(30)42-24-12-8-22(40)9-13-24/h1-18H,39-40H2. The lowest BCUT2D eigenvalue weighted by atomic mass is 10.2. The minimum Gasteiger partial charge on any atom is -0.453 e. The monoisotopic (exact) mass is 612 g/mol. The van der Waals surface area contributed by atoms with E-state index < -0.39 is 23.5 Å². The quantitative estimate of drug-likeness (QED) is 0.134. The van der Waals surface area contributed by atoms with Crippen molar-refractivity contribution in [2.75, 3.05) is 11.5 Å². The molecule has 0 amide bonds. The molecule has 0 fully saturated rings. The molecule has 5 aromatic rings. The number of benzene rings is 5. The van der Waals surface area contributed by atoms with E-state index in [1.807, 2.05) is 0 Å². The van der Waals surface area contributed by atoms with Crippen molar-refractivity contribution in [1.29, 1.82) is 0 Å². The van der Waals surface area contributed by atoms with E-state index in [0.717, 1.165) is 36.4 Å². The second kappa shape index (κ2) is 12.0. The Morgan fingerprint density at radius 3 is 1.11 bits per heavy atom. The molecule has 0 unspecified atom stereocenters. The van der Waals surface area contributed by atoms with Gasteiger partial charge in [0.05, 0.1) is 11.1 Å². The van der Waals surface area contributed by atoms with Crippen molar-refractivity contribution >= 4 is 11.4 Å². The van der Waals surface area contributed by atoms with Gasteiger partial charge in [-0.3, -0.25) is 0 Å². The molecule has 0 bridgehead atoms. The zero-order valence-corrected chi connectivity index (χ0v) is 22.4. The highest BCUT2D eigenvalue weighted by molar-refractivity contribution is 5.52. The van der Waals surface area contributed by atoms with Crippen molar-refractivity contribution in [3.8, 4) is 46.0 Å². The second-order valence-electron chi connectivity index (χ2n) is 9.34. The number of hydrogen-bond acceptors (Lipinski definition) is 6. The molecule has 0 atom stereocenters. The Hall–Kier alpha value is -5.52. The molecule has 0 saturated carbocycles. The highest BCUT2D eigenvalue weighted by Gasteiger charge is 2.33. The molecule has 44 heavy (non-hydrogen) atoms. The summed E-state index contributed by atoms with van der Waals surface area (Å²) in [6.07, 6.45) is -9.35. The number of nitrogens with two attached hydrogens (primary N) is 2. The maximum atomic E-state index is 13.5. The lowest BCUT2D eigenvalue weighted by molar-refractivity contribution is -0.138. The van der Waals surface area contributed by atoms with Crippen LogP contribution >= 0.6 is 0 Å². The summed E-state index contributed by atoms with van der Waals surface area (Å²) in [4.78, 5) is 0. The Morgan fingerprint density at radius 1 is 0.386 bits per heavy atom. The number of rotatable bonds is 8. The highest BCUT2D eigenvalue weighted by atomic mass is 19.4. The third kappa shape index (κ3) is 7.46. The van der Waals surface area contributed by atoms with Gasteiger partial charge in [-0.15, -0.1) is 0 Å². The van der Waals surface area contributed by atoms with Crippen LogP contribution in [0.5, 0.6) is 46.0 Å². The van der Waals surface area contributed by atoms with Crippen molar-refractivity contribution in [1.82, 2.24) is 0 Å². The van der Waals surface area contributed by atoms with E-state index in [1.165, 1.54) is 48.5 Å². The van der Waals surface area contributed by atoms with Crippen LogP contribution in [0.2, 0.25) is 0 Å². The molecular weight excluding hydrogens is 590 g/mol. The minimum absolute atomic E-state index is 0.0111. The minimum atomic E-state index is -4.67. The predicted octanol–water partition coefficient (Wildman–Crippen LogP) is 10.1. The Labute approximate surface area is 247 Å². The van der Waals surface area contributed by atoms with Gasteiger partial charge in [-0.05, 0) is 97.1 Å². The summed E-state index contributed by atoms with van der Waals surface area (Å²) in [5.41, 5.74) is 10.3. The van der Waals surface area contributed by atoms with Crippen molar-refractivity contribution in [3.63, 3.8) is 0 Å². The predicted molar refractivity (Wildman–Crippen MR) is 151 cm³/mol. The van der Waals surface area contributed by atoms with Crippen LogP contribution in [0.1, 0.15) is 11.1 Å². The summed E-state index contributed by atoms with van der Waals surface area (Å²) in [6.45, 7) is 0. The fourth-order valence-electron chi connectivity index (χ4n) is 3.88. The summed E-state index contributed by atoms with van der Waals surface area (Å²) in [6, 6.07) is 23.4. The van der Waals surface area contributed by atoms with Gasteiger partial charge < -0.3 is 30.4 Å². The summed E-state index contributed by atoms with van der Waals surface area (Å²) >= 11 is 0. The largest absolute Gasteiger partial charge is 0.453 e. The van der Waals surface area contributed by atoms with Gasteiger partial charge in [-0.1, -0.05) is 6.07 Å². The van der Waals surface area contributed by atoms with Crippen LogP contribution in [-0.2, 0) is 12.4 Å². The van der Waals surface area contributed by atoms with Crippen LogP contribution < -0.4 is 30.4 Å². The van der Waals surface area contributed by atoms with Crippen LogP contribution in [0.3, 0.4) is 0 Å². The molecular formula is C32H22F6N2O4. The molecule has 0 heterocycles. The van der Waals surface area contributed by atoms with Gasteiger partial charge in [0.25, 0.3) is 0 Å². The smallest absolute Gasteiger partial charge is 0.416 e. The van der Waals surface area contributed by atoms with E-state index in [-0.39, 0.29) is 34.5 Å². The summed E-state index contributed by atoms with van der Waals surface area (Å²) < 4.78 is 104. The Kier molecular flexibility index (Phi) is 8.17. The topological polar surface area (TPSA) is 89.0 Å². The van der Waals surface area contributed by atoms with E-state index >= 15 is 0 Å². The molecule has 0 aliphatic rings. The van der Waals surface area contributed by atoms with Gasteiger partial charge >= 0.3 is 12.4 Å². The summed E-state index contributed by atoms with van der Waals surface area (Å²) in [5.74, 6) is -0.0233. The molecule has 6 nitrogen and oxygen atoms in total. The molecule has 0 saturated heterocycles. The maximum Gasteiger partial charge on any atom is 0.416 e. The molecule has 0 aliphatic carbocycles. The molecule has 5 rings (SSSR count). The van der Waals surface area contributed by atoms with Gasteiger partial charge in [-0.2, -0.15) is 26.3 Å². The fourth-order valence-corrected chi connectivity index (χ4v) is 3.88. The van der Waals surface area contributed by atoms with Crippen LogP contribution in [-0.4, -0.2) is 0 Å². The molecule has 12 heteroatoms. The number of ether oxygens (including phenoxy) is 4. The lowest BCUT2D eigenvalue weighted by Crippen LogP contribution is -2.05. The summed E-state index contributed by atoms with van der Waals surface area (Å²) in [5, 5.41) is 0. The van der Waals surface area contributed by atoms with Gasteiger partial charge in [0, 0.05) is 17.4 Å². The van der Waals surface area contributed by atoms with Gasteiger partial charge in [0.2, 0.25) is 0 Å². The van der Waals surface area contributed by atoms with E-state index in [1.54, 1.807) is 24.3 Å². The van der Waals surface area contributed by atoms with Gasteiger partial charge in [0.15, 0.2) is 23.0 Å². The Bertz CT molecular complexity index is 1630. The number of halogens is 6. The zero-order valence-electron chi connectivity index (χ0n) is 22.4. The van der Waals surface area contributed by atoms with Crippen molar-refractivity contribution in [2.24, 2.45) is 0 Å². The fraction of sp³-hybridized carbons (Fsp3) is 0.0625. The van der Waals surface area contributed by atoms with Crippen LogP contribution in [0.25, 0.3) is 0 Å². The zero-order chi connectivity index (χ0) is 31.5. The van der Waals surface area contributed by atoms with Crippen molar-refractivity contribution in [2.45, 2.75) is 12.4 Å². The second-order valence-corrected chi connectivity index (χ2v) is 9.34. The molecule has 226 valence electrons. The van der Waals surface area contributed by atoms with E-state index in [0.29, 0.717) is 22.9 Å². The van der Waals surface area contributed by atoms with Crippen LogP contribution in [0.15, 0.2) is 109 Å². The first-order valence-corrected chi connectivity index (χ1v) is 12.8. The number of alkyl halides is 6. The molecule has 4 N–H and O–H groups in total. The molecule has 5 aromatic carbocycles. The normalized spacial score (nSPS) is 11.6. The molecule has 0 aliphatic heterocycles. The number of hydrogen-bond donors (Lipinski definition) is 2. The molecule has 0 radical (unpaired) electrons. The first kappa shape index (κ1) is 30.0. The van der Waals surface area contributed by atoms with Crippen LogP contribution in [0.4, 0.5) is 37.7 Å². The van der Waals surface area contributed by atoms with Gasteiger partial charge in [-0.25, -0.2) is 0 Å². The summed E-state index contributed by atoms with van der Waals surface area (Å²) in [7, 11) is 0. The SMILES string of the molecule is Nc1ccc(Oc2ccc(C(F)(F)F)cc2Oc2cccc(Oc3cc(C(F)(F)F)ccc3Oc3ccc(N)cc3)c2)cc1. The maximum absolute atomic E-state index is 13.5. The Morgan fingerprint density at radius 2 is 0.750 bits per heavy atom. The Balaban J connectivity index is 1.46. The number of anilines is 2. The first-order chi connectivity index (χ1) is 20.8. The van der Waals surface area contributed by atoms with Gasteiger partial charge in [0.1, 0.15) is 23.0 Å². The van der Waals surface area contributed by atoms with E-state index in [4.69, 9.17) is 30.4 Å². The van der Waals surface area contributed by atoms with E-state index in [2.05, 4.69) is 0 Å². The molecule has 0 spiro atoms. The van der Waals surface area contributed by atoms with Crippen molar-refractivity contribution < 1.29 is 45.3 Å². The van der Waals surface area contributed by atoms with Crippen LogP contribution in [0, 0.1) is 0 Å². The van der Waals surface area contributed by atoms with E-state index in [9.17, 15) is 26.3 Å². The highest BCUT2D eigenvalue weighted by Crippen LogP contribution is 2.43. The average molecular weight is 613 g/mol. The lowest BCUT2D eigenvalue weighted by Gasteiger charge is -2.17. The average Bonchev–Trinajstić information content (AvgIpc) is 2.96. The first-order valence-electron chi connectivity index (χ1n) is 12.8. The third-order valence-corrected chi connectivity index (χ3v) is 6.02. The third-order valence-electron chi connectivity index (χ3n) is 6.02. The molecule has 0 aromatic heterocycles.